The van der Waals surface area contributed by atoms with Crippen LogP contribution in [0.25, 0.3) is 0 Å². The number of allylic oxidation sites excluding steroid dienone is 1. The van der Waals surface area contributed by atoms with Gasteiger partial charge >= 0.3 is 0 Å². The molecule has 0 unspecified atom stereocenters. The highest BCUT2D eigenvalue weighted by Gasteiger charge is 1.86. The maximum Gasteiger partial charge on any atom is -0.0326 e. The molecular weight excluding hydrogens is 108 g/mol. The topological polar surface area (TPSA) is 0 Å². The van der Waals surface area contributed by atoms with Crippen LogP contribution >= 0.6 is 0 Å². The Balaban J connectivity index is 2.83. The lowest BCUT2D eigenvalue weighted by Crippen LogP contribution is -1.77. The molecule has 0 aromatic carbocycles. The van der Waals surface area contributed by atoms with Crippen molar-refractivity contribution in [1.29, 1.82) is 0 Å². The van der Waals surface area contributed by atoms with E-state index in [0.717, 1.165) is 6.42 Å². The maximum atomic E-state index is 3.84. The van der Waals surface area contributed by atoms with Crippen LogP contribution in [-0.4, -0.2) is 0 Å². The zero-order valence-corrected chi connectivity index (χ0v) is 6.45. The Morgan fingerprint density at radius 2 is 1.89 bits per heavy atom. The van der Waals surface area contributed by atoms with Crippen molar-refractivity contribution in [3.63, 3.8) is 0 Å². The van der Waals surface area contributed by atoms with Crippen LogP contribution in [0.4, 0.5) is 0 Å². The molecule has 0 rings (SSSR count). The number of unbranched alkanes of at least 4 members (excludes halogenated alkanes) is 3. The molecule has 0 fully saturated rings. The molecule has 0 nitrogen and oxygen atoms in total. The Hall–Kier alpha value is -0.260. The monoisotopic (exact) mass is 125 g/mol. The van der Waals surface area contributed by atoms with Crippen LogP contribution in [0.3, 0.4) is 0 Å². The Kier molecular flexibility index (Phi) is 5.70. The molecule has 0 saturated heterocycles. The standard InChI is InChI=1S/C9H17/c1-4-5-6-7-8-9(2)3/h1-2,4-8H2,3H3. The Labute approximate surface area is 59.0 Å². The average Bonchev–Trinajstić information content (AvgIpc) is 1.80. The van der Waals surface area contributed by atoms with Crippen LogP contribution in [0.1, 0.15) is 39.0 Å². The molecule has 0 heterocycles. The fourth-order valence-electron chi connectivity index (χ4n) is 0.780. The highest BCUT2D eigenvalue weighted by Crippen LogP contribution is 2.06. The average molecular weight is 125 g/mol. The van der Waals surface area contributed by atoms with Gasteiger partial charge in [0.25, 0.3) is 0 Å². The summed E-state index contributed by atoms with van der Waals surface area (Å²) in [6.07, 6.45) is 6.16. The van der Waals surface area contributed by atoms with Crippen LogP contribution in [-0.2, 0) is 0 Å². The van der Waals surface area contributed by atoms with Crippen molar-refractivity contribution in [3.05, 3.63) is 19.1 Å². The van der Waals surface area contributed by atoms with Gasteiger partial charge in [0.2, 0.25) is 0 Å². The second-order valence-corrected chi connectivity index (χ2v) is 2.62. The summed E-state index contributed by atoms with van der Waals surface area (Å²) in [4.78, 5) is 0. The molecular formula is C9H17. The van der Waals surface area contributed by atoms with Gasteiger partial charge in [0.1, 0.15) is 0 Å². The summed E-state index contributed by atoms with van der Waals surface area (Å²) in [6.45, 7) is 9.70. The van der Waals surface area contributed by atoms with Crippen molar-refractivity contribution >= 4 is 0 Å². The van der Waals surface area contributed by atoms with E-state index in [4.69, 9.17) is 0 Å². The molecule has 9 heavy (non-hydrogen) atoms. The minimum Gasteiger partial charge on any atom is -0.100 e. The van der Waals surface area contributed by atoms with E-state index in [1.54, 1.807) is 0 Å². The quantitative estimate of drug-likeness (QED) is 0.390. The van der Waals surface area contributed by atoms with Gasteiger partial charge in [-0.1, -0.05) is 31.8 Å². The van der Waals surface area contributed by atoms with Gasteiger partial charge in [0.15, 0.2) is 0 Å². The lowest BCUT2D eigenvalue weighted by molar-refractivity contribution is 0.683. The fraction of sp³-hybridized carbons (Fsp3) is 0.667. The summed E-state index contributed by atoms with van der Waals surface area (Å²) >= 11 is 0. The maximum absolute atomic E-state index is 3.84. The summed E-state index contributed by atoms with van der Waals surface area (Å²) in [7, 11) is 0. The second kappa shape index (κ2) is 5.87. The van der Waals surface area contributed by atoms with Crippen LogP contribution in [0.5, 0.6) is 0 Å². The molecule has 0 aliphatic rings. The molecule has 0 aliphatic carbocycles. The first-order valence-electron chi connectivity index (χ1n) is 3.71. The van der Waals surface area contributed by atoms with Gasteiger partial charge in [0.05, 0.1) is 0 Å². The molecule has 0 N–H and O–H groups in total. The van der Waals surface area contributed by atoms with Gasteiger partial charge in [-0.15, -0.1) is 6.58 Å². The lowest BCUT2D eigenvalue weighted by Gasteiger charge is -1.96. The van der Waals surface area contributed by atoms with E-state index >= 15 is 0 Å². The summed E-state index contributed by atoms with van der Waals surface area (Å²) in [6, 6.07) is 0. The van der Waals surface area contributed by atoms with Crippen molar-refractivity contribution in [1.82, 2.24) is 0 Å². The minimum absolute atomic E-state index is 1.08. The van der Waals surface area contributed by atoms with E-state index in [-0.39, 0.29) is 0 Å². The minimum atomic E-state index is 1.08. The van der Waals surface area contributed by atoms with E-state index in [1.807, 2.05) is 0 Å². The number of hydrogen-bond acceptors (Lipinski definition) is 0. The van der Waals surface area contributed by atoms with Gasteiger partial charge in [-0.3, -0.25) is 0 Å². The molecule has 0 aromatic rings. The molecule has 0 atom stereocenters. The third-order valence-corrected chi connectivity index (χ3v) is 1.35. The highest BCUT2D eigenvalue weighted by atomic mass is 13.9. The second-order valence-electron chi connectivity index (χ2n) is 2.62. The molecule has 0 aromatic heterocycles. The van der Waals surface area contributed by atoms with E-state index in [1.165, 1.54) is 31.3 Å². The van der Waals surface area contributed by atoms with Crippen LogP contribution in [0.15, 0.2) is 12.2 Å². The summed E-state index contributed by atoms with van der Waals surface area (Å²) in [5.74, 6) is 0. The molecule has 0 saturated carbocycles. The highest BCUT2D eigenvalue weighted by molar-refractivity contribution is 4.86. The number of hydrogen-bond donors (Lipinski definition) is 0. The van der Waals surface area contributed by atoms with Crippen LogP contribution in [0, 0.1) is 6.92 Å². The van der Waals surface area contributed by atoms with Gasteiger partial charge in [0, 0.05) is 0 Å². The van der Waals surface area contributed by atoms with E-state index in [2.05, 4.69) is 20.4 Å². The molecule has 0 aliphatic heterocycles. The summed E-state index contributed by atoms with van der Waals surface area (Å²) < 4.78 is 0. The third kappa shape index (κ3) is 7.74. The van der Waals surface area contributed by atoms with Crippen molar-refractivity contribution in [2.45, 2.75) is 39.0 Å². The smallest absolute Gasteiger partial charge is 0.0326 e. The van der Waals surface area contributed by atoms with Crippen LogP contribution in [0.2, 0.25) is 0 Å². The lowest BCUT2D eigenvalue weighted by atomic mass is 10.1. The molecule has 0 amide bonds. The predicted octanol–water partition coefficient (Wildman–Crippen LogP) is 3.35. The third-order valence-electron chi connectivity index (χ3n) is 1.35. The first-order chi connectivity index (χ1) is 4.27. The normalized spacial score (nSPS) is 9.56. The summed E-state index contributed by atoms with van der Waals surface area (Å²) in [5, 5.41) is 0. The van der Waals surface area contributed by atoms with Gasteiger partial charge in [-0.2, -0.15) is 0 Å². The first-order valence-corrected chi connectivity index (χ1v) is 3.71. The zero-order valence-electron chi connectivity index (χ0n) is 6.45. The first kappa shape index (κ1) is 8.74. The predicted molar refractivity (Wildman–Crippen MR) is 43.3 cm³/mol. The Morgan fingerprint density at radius 1 is 1.22 bits per heavy atom. The van der Waals surface area contributed by atoms with Crippen LogP contribution < -0.4 is 0 Å². The molecule has 0 spiro atoms. The fourth-order valence-corrected chi connectivity index (χ4v) is 0.780. The van der Waals surface area contributed by atoms with E-state index in [0.29, 0.717) is 0 Å². The van der Waals surface area contributed by atoms with Gasteiger partial charge < -0.3 is 0 Å². The number of rotatable bonds is 5. The summed E-state index contributed by atoms with van der Waals surface area (Å²) in [5.41, 5.74) is 1.30. The molecule has 1 radical (unpaired) electrons. The zero-order chi connectivity index (χ0) is 7.11. The Bertz CT molecular complexity index is 72.1. The largest absolute Gasteiger partial charge is 0.100 e. The van der Waals surface area contributed by atoms with E-state index in [9.17, 15) is 0 Å². The van der Waals surface area contributed by atoms with Crippen molar-refractivity contribution in [3.8, 4) is 0 Å². The van der Waals surface area contributed by atoms with Crippen molar-refractivity contribution in [2.24, 2.45) is 0 Å². The van der Waals surface area contributed by atoms with Crippen molar-refractivity contribution < 1.29 is 0 Å². The Morgan fingerprint density at radius 3 is 2.33 bits per heavy atom. The van der Waals surface area contributed by atoms with Gasteiger partial charge in [-0.25, -0.2) is 0 Å². The molecule has 53 valence electrons. The molecule has 0 bridgehead atoms. The van der Waals surface area contributed by atoms with E-state index < -0.39 is 0 Å². The van der Waals surface area contributed by atoms with Crippen molar-refractivity contribution in [2.75, 3.05) is 0 Å². The molecule has 0 heteroatoms. The van der Waals surface area contributed by atoms with Gasteiger partial charge in [-0.05, 0) is 19.8 Å². The SMILES string of the molecule is [CH2]CCCCCC(=C)C.